The maximum Gasteiger partial charge on any atom is 0.0972 e. The molecule has 3 aliphatic rings. The first-order valence-corrected chi connectivity index (χ1v) is 7.99. The van der Waals surface area contributed by atoms with Gasteiger partial charge in [0.15, 0.2) is 0 Å². The van der Waals surface area contributed by atoms with Crippen molar-refractivity contribution in [2.45, 2.75) is 84.5 Å². The van der Waals surface area contributed by atoms with Gasteiger partial charge in [0.05, 0.1) is 17.3 Å². The normalized spacial score (nSPS) is 64.9. The molecule has 7 atom stereocenters. The lowest BCUT2D eigenvalue weighted by molar-refractivity contribution is -0.317. The molecule has 2 unspecified atom stereocenters. The second-order valence-electron chi connectivity index (χ2n) is 8.52. The second kappa shape index (κ2) is 3.57. The Kier molecular flexibility index (Phi) is 2.61. The molecule has 0 radical (unpaired) electrons. The maximum atomic E-state index is 11.3. The summed E-state index contributed by atoms with van der Waals surface area (Å²) in [5.74, 6) is 1.17. The summed E-state index contributed by atoms with van der Waals surface area (Å²) in [6.45, 7) is 13.4. The molecule has 0 aromatic carbocycles. The van der Waals surface area contributed by atoms with Crippen molar-refractivity contribution in [3.63, 3.8) is 0 Å². The van der Waals surface area contributed by atoms with Gasteiger partial charge in [0.25, 0.3) is 0 Å². The van der Waals surface area contributed by atoms with Crippen LogP contribution in [0.5, 0.6) is 0 Å². The maximum absolute atomic E-state index is 11.3. The molecule has 1 heterocycles. The average molecular weight is 266 g/mol. The molecular formula is C17H30O2. The van der Waals surface area contributed by atoms with Crippen LogP contribution in [0.15, 0.2) is 0 Å². The van der Waals surface area contributed by atoms with E-state index in [2.05, 4.69) is 34.6 Å². The van der Waals surface area contributed by atoms with E-state index in [0.29, 0.717) is 12.0 Å². The molecule has 2 aliphatic carbocycles. The minimum absolute atomic E-state index is 0.0305. The van der Waals surface area contributed by atoms with E-state index in [1.165, 1.54) is 12.8 Å². The van der Waals surface area contributed by atoms with Crippen molar-refractivity contribution >= 4 is 0 Å². The fraction of sp³-hybridized carbons (Fsp3) is 1.00. The molecule has 19 heavy (non-hydrogen) atoms. The summed E-state index contributed by atoms with van der Waals surface area (Å²) in [7, 11) is 0. The third kappa shape index (κ3) is 1.31. The number of rotatable bonds is 0. The van der Waals surface area contributed by atoms with Crippen molar-refractivity contribution in [2.75, 3.05) is 0 Å². The third-order valence-corrected chi connectivity index (χ3v) is 7.83. The number of ether oxygens (including phenoxy) is 1. The predicted molar refractivity (Wildman–Crippen MR) is 76.9 cm³/mol. The Hall–Kier alpha value is -0.0800. The van der Waals surface area contributed by atoms with Crippen LogP contribution in [-0.4, -0.2) is 22.4 Å². The van der Waals surface area contributed by atoms with Gasteiger partial charge >= 0.3 is 0 Å². The van der Waals surface area contributed by atoms with Gasteiger partial charge in [0.2, 0.25) is 0 Å². The molecule has 3 rings (SSSR count). The van der Waals surface area contributed by atoms with Crippen molar-refractivity contribution in [1.29, 1.82) is 0 Å². The highest BCUT2D eigenvalue weighted by Gasteiger charge is 2.75. The van der Waals surface area contributed by atoms with E-state index >= 15 is 0 Å². The lowest BCUT2D eigenvalue weighted by atomic mass is 9.49. The van der Waals surface area contributed by atoms with Gasteiger partial charge in [-0.25, -0.2) is 0 Å². The highest BCUT2D eigenvalue weighted by Crippen LogP contribution is 2.71. The zero-order chi connectivity index (χ0) is 14.3. The van der Waals surface area contributed by atoms with Gasteiger partial charge in [-0.15, -0.1) is 0 Å². The number of aliphatic hydroxyl groups is 1. The summed E-state index contributed by atoms with van der Waals surface area (Å²) < 4.78 is 6.58. The van der Waals surface area contributed by atoms with Crippen LogP contribution in [0.2, 0.25) is 0 Å². The zero-order valence-corrected chi connectivity index (χ0v) is 13.4. The molecule has 2 nitrogen and oxygen atoms in total. The summed E-state index contributed by atoms with van der Waals surface area (Å²) in [5, 5.41) is 11.3. The highest BCUT2D eigenvalue weighted by atomic mass is 16.5. The molecule has 2 bridgehead atoms. The molecule has 0 aromatic heterocycles. The van der Waals surface area contributed by atoms with Gasteiger partial charge in [-0.1, -0.05) is 27.7 Å². The Bertz CT molecular complexity index is 404. The van der Waals surface area contributed by atoms with Crippen LogP contribution in [0, 0.1) is 22.7 Å². The van der Waals surface area contributed by atoms with Crippen LogP contribution in [0.25, 0.3) is 0 Å². The molecule has 2 heteroatoms. The lowest BCUT2D eigenvalue weighted by Crippen LogP contribution is -2.70. The summed E-state index contributed by atoms with van der Waals surface area (Å²) in [6.07, 6.45) is 5.01. The SMILES string of the molecule is CC1CC[C@@]2(C)[C@@H](C1)O[C@]1(C)C(C)C[C@@]2(C)[C@@]1(C)O. The monoisotopic (exact) mass is 266 g/mol. The van der Waals surface area contributed by atoms with E-state index in [1.54, 1.807) is 0 Å². The topological polar surface area (TPSA) is 29.5 Å². The van der Waals surface area contributed by atoms with E-state index in [0.717, 1.165) is 18.8 Å². The van der Waals surface area contributed by atoms with Gasteiger partial charge in [-0.2, -0.15) is 0 Å². The van der Waals surface area contributed by atoms with Gasteiger partial charge in [-0.05, 0) is 51.4 Å². The lowest BCUT2D eigenvalue weighted by Gasteiger charge is -2.64. The minimum atomic E-state index is -0.731. The third-order valence-electron chi connectivity index (χ3n) is 7.83. The standard InChI is InChI=1S/C17H30O2/c1-11-7-8-14(3)13(9-11)19-16(5)12(2)10-15(14,4)17(16,6)18/h11-13,18H,7-10H2,1-6H3/t11?,12?,13-,14+,15-,16-,17-/m1/s1. The Morgan fingerprint density at radius 3 is 2.37 bits per heavy atom. The largest absolute Gasteiger partial charge is 0.387 e. The van der Waals surface area contributed by atoms with Crippen LogP contribution in [0.3, 0.4) is 0 Å². The Morgan fingerprint density at radius 2 is 1.74 bits per heavy atom. The predicted octanol–water partition coefficient (Wildman–Crippen LogP) is 3.77. The van der Waals surface area contributed by atoms with Crippen LogP contribution < -0.4 is 0 Å². The number of fused-ring (bicyclic) bond motifs is 4. The molecule has 1 aliphatic heterocycles. The van der Waals surface area contributed by atoms with Crippen LogP contribution in [0.1, 0.15) is 67.2 Å². The van der Waals surface area contributed by atoms with E-state index < -0.39 is 5.60 Å². The second-order valence-corrected chi connectivity index (χ2v) is 8.52. The zero-order valence-electron chi connectivity index (χ0n) is 13.4. The van der Waals surface area contributed by atoms with Crippen LogP contribution in [0.4, 0.5) is 0 Å². The summed E-state index contributed by atoms with van der Waals surface area (Å²) in [4.78, 5) is 0. The molecule has 1 N–H and O–H groups in total. The van der Waals surface area contributed by atoms with Crippen molar-refractivity contribution in [3.05, 3.63) is 0 Å². The molecule has 110 valence electrons. The van der Waals surface area contributed by atoms with Crippen molar-refractivity contribution < 1.29 is 9.84 Å². The quantitative estimate of drug-likeness (QED) is 0.723. The van der Waals surface area contributed by atoms with Gasteiger partial charge in [-0.3, -0.25) is 0 Å². The van der Waals surface area contributed by atoms with Crippen molar-refractivity contribution in [3.8, 4) is 0 Å². The Balaban J connectivity index is 2.12. The first kappa shape index (κ1) is 13.9. The van der Waals surface area contributed by atoms with Crippen molar-refractivity contribution in [2.24, 2.45) is 22.7 Å². The minimum Gasteiger partial charge on any atom is -0.387 e. The Labute approximate surface area is 117 Å². The molecule has 0 spiro atoms. The molecule has 1 saturated heterocycles. The molecule has 2 saturated carbocycles. The first-order valence-electron chi connectivity index (χ1n) is 7.99. The van der Waals surface area contributed by atoms with Gasteiger partial charge < -0.3 is 9.84 Å². The van der Waals surface area contributed by atoms with Gasteiger partial charge in [0.1, 0.15) is 0 Å². The van der Waals surface area contributed by atoms with E-state index in [-0.39, 0.29) is 16.4 Å². The fourth-order valence-electron chi connectivity index (χ4n) is 5.61. The summed E-state index contributed by atoms with van der Waals surface area (Å²) in [5.41, 5.74) is -1.03. The molecule has 0 amide bonds. The molecule has 3 fully saturated rings. The fourth-order valence-corrected chi connectivity index (χ4v) is 5.61. The van der Waals surface area contributed by atoms with Crippen LogP contribution in [-0.2, 0) is 4.74 Å². The van der Waals surface area contributed by atoms with Crippen molar-refractivity contribution in [1.82, 2.24) is 0 Å². The first-order chi connectivity index (χ1) is 8.58. The summed E-state index contributed by atoms with van der Waals surface area (Å²) >= 11 is 0. The summed E-state index contributed by atoms with van der Waals surface area (Å²) in [6, 6.07) is 0. The van der Waals surface area contributed by atoms with Gasteiger partial charge in [0, 0.05) is 10.8 Å². The molecule has 0 aromatic rings. The van der Waals surface area contributed by atoms with Crippen LogP contribution >= 0.6 is 0 Å². The molecular weight excluding hydrogens is 236 g/mol. The van der Waals surface area contributed by atoms with E-state index in [9.17, 15) is 5.11 Å². The van der Waals surface area contributed by atoms with E-state index in [4.69, 9.17) is 4.74 Å². The number of hydrogen-bond acceptors (Lipinski definition) is 2. The smallest absolute Gasteiger partial charge is 0.0972 e. The highest BCUT2D eigenvalue weighted by molar-refractivity contribution is 5.24. The van der Waals surface area contributed by atoms with E-state index in [1.807, 2.05) is 6.92 Å². The average Bonchev–Trinajstić information content (AvgIpc) is 2.40. The number of hydrogen-bond donors (Lipinski definition) is 1. The Morgan fingerprint density at radius 1 is 1.11 bits per heavy atom.